The molecular weight excluding hydrogens is 228 g/mol. The molecule has 1 aliphatic carbocycles. The van der Waals surface area contributed by atoms with Crippen LogP contribution in [0, 0.1) is 25.7 Å². The van der Waals surface area contributed by atoms with Gasteiger partial charge in [0, 0.05) is 11.5 Å². The molecule has 3 nitrogen and oxygen atoms in total. The molecule has 2 rings (SSSR count). The van der Waals surface area contributed by atoms with Gasteiger partial charge < -0.3 is 5.11 Å². The zero-order chi connectivity index (χ0) is 13.3. The molecule has 0 spiro atoms. The van der Waals surface area contributed by atoms with Crippen molar-refractivity contribution in [2.75, 3.05) is 0 Å². The third-order valence-electron chi connectivity index (χ3n) is 3.66. The van der Waals surface area contributed by atoms with Crippen molar-refractivity contribution in [3.8, 4) is 0 Å². The highest BCUT2D eigenvalue weighted by atomic mass is 16.4. The minimum atomic E-state index is -0.772. The number of Topliss-reactive ketones (excluding diaryl/α,β-unsaturated/α-hetero) is 1. The van der Waals surface area contributed by atoms with Gasteiger partial charge in [0.15, 0.2) is 5.78 Å². The van der Waals surface area contributed by atoms with Crippen molar-refractivity contribution >= 4 is 11.8 Å². The number of benzene rings is 1. The molecule has 1 aromatic rings. The number of carboxylic acid groups (broad SMARTS) is 1. The molecule has 0 aliphatic heterocycles. The lowest BCUT2D eigenvalue weighted by Crippen LogP contribution is -2.15. The summed E-state index contributed by atoms with van der Waals surface area (Å²) in [6, 6.07) is 5.82. The summed E-state index contributed by atoms with van der Waals surface area (Å²) in [6.07, 6.45) is 1.81. The van der Waals surface area contributed by atoms with Gasteiger partial charge in [-0.05, 0) is 45.2 Å². The van der Waals surface area contributed by atoms with E-state index in [-0.39, 0.29) is 17.6 Å². The van der Waals surface area contributed by atoms with Gasteiger partial charge in [0.25, 0.3) is 0 Å². The van der Waals surface area contributed by atoms with Crippen molar-refractivity contribution in [1.82, 2.24) is 0 Å². The molecule has 1 saturated carbocycles. The molecule has 2 atom stereocenters. The Morgan fingerprint density at radius 3 is 2.11 bits per heavy atom. The van der Waals surface area contributed by atoms with Crippen molar-refractivity contribution < 1.29 is 14.7 Å². The summed E-state index contributed by atoms with van der Waals surface area (Å²) in [6.45, 7) is 3.94. The van der Waals surface area contributed by atoms with Gasteiger partial charge >= 0.3 is 5.97 Å². The van der Waals surface area contributed by atoms with E-state index < -0.39 is 5.97 Å². The first kappa shape index (κ1) is 12.8. The number of rotatable bonds is 3. The Labute approximate surface area is 107 Å². The number of ketones is 1. The van der Waals surface area contributed by atoms with Gasteiger partial charge in [-0.15, -0.1) is 0 Å². The second kappa shape index (κ2) is 4.92. The average Bonchev–Trinajstić information content (AvgIpc) is 2.75. The molecule has 0 amide bonds. The molecule has 1 aliphatic rings. The monoisotopic (exact) mass is 246 g/mol. The second-order valence-corrected chi connectivity index (χ2v) is 5.29. The van der Waals surface area contributed by atoms with Crippen LogP contribution in [0.25, 0.3) is 0 Å². The second-order valence-electron chi connectivity index (χ2n) is 5.29. The molecule has 0 heterocycles. The Kier molecular flexibility index (Phi) is 3.50. The number of hydrogen-bond acceptors (Lipinski definition) is 2. The highest BCUT2D eigenvalue weighted by Crippen LogP contribution is 2.33. The van der Waals surface area contributed by atoms with Crippen LogP contribution in [-0.2, 0) is 4.79 Å². The lowest BCUT2D eigenvalue weighted by atomic mass is 9.93. The van der Waals surface area contributed by atoms with Crippen LogP contribution in [0.3, 0.4) is 0 Å². The average molecular weight is 246 g/mol. The predicted octanol–water partition coefficient (Wildman–Crippen LogP) is 2.99. The van der Waals surface area contributed by atoms with Gasteiger partial charge in [0.05, 0.1) is 5.92 Å². The summed E-state index contributed by atoms with van der Waals surface area (Å²) in [5.41, 5.74) is 2.88. The van der Waals surface area contributed by atoms with Crippen molar-refractivity contribution in [2.45, 2.75) is 33.1 Å². The van der Waals surface area contributed by atoms with E-state index in [4.69, 9.17) is 5.11 Å². The number of hydrogen-bond donors (Lipinski definition) is 1. The van der Waals surface area contributed by atoms with Crippen molar-refractivity contribution in [1.29, 1.82) is 0 Å². The smallest absolute Gasteiger partial charge is 0.306 e. The maximum atomic E-state index is 12.3. The summed E-state index contributed by atoms with van der Waals surface area (Å²) >= 11 is 0. The summed E-state index contributed by atoms with van der Waals surface area (Å²) in [5.74, 6) is -1.13. The Hall–Kier alpha value is -1.64. The number of carbonyl (C=O) groups is 2. The maximum absolute atomic E-state index is 12.3. The first-order valence-corrected chi connectivity index (χ1v) is 6.32. The van der Waals surface area contributed by atoms with Crippen LogP contribution in [0.2, 0.25) is 0 Å². The van der Waals surface area contributed by atoms with Gasteiger partial charge in [-0.2, -0.15) is 0 Å². The van der Waals surface area contributed by atoms with E-state index in [0.717, 1.165) is 16.7 Å². The van der Waals surface area contributed by atoms with Gasteiger partial charge in [-0.25, -0.2) is 0 Å². The van der Waals surface area contributed by atoms with Gasteiger partial charge in [-0.3, -0.25) is 9.59 Å². The van der Waals surface area contributed by atoms with Gasteiger partial charge in [0.1, 0.15) is 0 Å². The van der Waals surface area contributed by atoms with E-state index in [1.807, 2.05) is 32.0 Å². The Morgan fingerprint density at radius 2 is 1.61 bits per heavy atom. The molecule has 1 fully saturated rings. The molecule has 1 aromatic carbocycles. The minimum absolute atomic E-state index is 0.102. The Bertz CT molecular complexity index is 470. The van der Waals surface area contributed by atoms with Crippen LogP contribution >= 0.6 is 0 Å². The zero-order valence-corrected chi connectivity index (χ0v) is 10.8. The fraction of sp³-hybridized carbons (Fsp3) is 0.467. The molecular formula is C15H18O3. The van der Waals surface area contributed by atoms with Crippen LogP contribution in [-0.4, -0.2) is 16.9 Å². The van der Waals surface area contributed by atoms with E-state index in [1.165, 1.54) is 0 Å². The lowest BCUT2D eigenvalue weighted by Gasteiger charge is -2.10. The molecule has 0 unspecified atom stereocenters. The highest BCUT2D eigenvalue weighted by Gasteiger charge is 2.34. The van der Waals surface area contributed by atoms with Crippen LogP contribution in [0.4, 0.5) is 0 Å². The van der Waals surface area contributed by atoms with Crippen molar-refractivity contribution in [2.24, 2.45) is 11.8 Å². The largest absolute Gasteiger partial charge is 0.481 e. The molecule has 0 aromatic heterocycles. The minimum Gasteiger partial charge on any atom is -0.481 e. The van der Waals surface area contributed by atoms with Crippen LogP contribution in [0.15, 0.2) is 18.2 Å². The fourth-order valence-corrected chi connectivity index (χ4v) is 2.80. The topological polar surface area (TPSA) is 54.4 Å². The number of aryl methyl sites for hydroxylation is 2. The third-order valence-corrected chi connectivity index (χ3v) is 3.66. The molecule has 0 radical (unpaired) electrons. The van der Waals surface area contributed by atoms with E-state index in [1.54, 1.807) is 0 Å². The van der Waals surface area contributed by atoms with E-state index >= 15 is 0 Å². The van der Waals surface area contributed by atoms with E-state index in [2.05, 4.69) is 0 Å². The van der Waals surface area contributed by atoms with E-state index in [9.17, 15) is 9.59 Å². The lowest BCUT2D eigenvalue weighted by molar-refractivity contribution is -0.141. The van der Waals surface area contributed by atoms with Gasteiger partial charge in [0.2, 0.25) is 0 Å². The first-order valence-electron chi connectivity index (χ1n) is 6.32. The quantitative estimate of drug-likeness (QED) is 0.834. The summed E-state index contributed by atoms with van der Waals surface area (Å²) in [7, 11) is 0. The van der Waals surface area contributed by atoms with Crippen molar-refractivity contribution in [3.05, 3.63) is 34.9 Å². The molecule has 3 heteroatoms. The standard InChI is InChI=1S/C15H18O3/c1-9-5-10(2)7-13(6-9)14(16)11-3-4-12(8-11)15(17)18/h5-7,11-12H,3-4,8H2,1-2H3,(H,17,18)/t11-,12+/m1/s1. The molecule has 96 valence electrons. The van der Waals surface area contributed by atoms with Crippen LogP contribution in [0.1, 0.15) is 40.7 Å². The molecule has 1 N–H and O–H groups in total. The summed E-state index contributed by atoms with van der Waals surface area (Å²) in [4.78, 5) is 23.2. The highest BCUT2D eigenvalue weighted by molar-refractivity contribution is 5.98. The zero-order valence-electron chi connectivity index (χ0n) is 10.8. The number of carboxylic acids is 1. The Balaban J connectivity index is 2.15. The number of carbonyl (C=O) groups excluding carboxylic acids is 1. The third kappa shape index (κ3) is 2.61. The maximum Gasteiger partial charge on any atom is 0.306 e. The Morgan fingerprint density at radius 1 is 1.06 bits per heavy atom. The first-order chi connectivity index (χ1) is 8.47. The van der Waals surface area contributed by atoms with E-state index in [0.29, 0.717) is 19.3 Å². The SMILES string of the molecule is Cc1cc(C)cc(C(=O)[C@@H]2CC[C@H](C(=O)O)C2)c1. The van der Waals surface area contributed by atoms with Gasteiger partial charge in [-0.1, -0.05) is 17.2 Å². The molecule has 0 saturated heterocycles. The molecule has 0 bridgehead atoms. The number of aliphatic carboxylic acids is 1. The van der Waals surface area contributed by atoms with Crippen molar-refractivity contribution in [3.63, 3.8) is 0 Å². The summed E-state index contributed by atoms with van der Waals surface area (Å²) < 4.78 is 0. The summed E-state index contributed by atoms with van der Waals surface area (Å²) in [5, 5.41) is 8.96. The fourth-order valence-electron chi connectivity index (χ4n) is 2.80. The van der Waals surface area contributed by atoms with Crippen LogP contribution in [0.5, 0.6) is 0 Å². The normalized spacial score (nSPS) is 23.0. The molecule has 18 heavy (non-hydrogen) atoms. The van der Waals surface area contributed by atoms with Crippen LogP contribution < -0.4 is 0 Å². The predicted molar refractivity (Wildman–Crippen MR) is 68.7 cm³/mol.